The highest BCUT2D eigenvalue weighted by atomic mass is 31.3. The van der Waals surface area contributed by atoms with Crippen molar-refractivity contribution in [2.24, 2.45) is 5.92 Å². The standard InChI is InChI=1S/C17H27N5O15P2/c18-17-20-14-8(15(29)21-17)19-4-22(14)16-13(28)11(26)7(35-16)3-34-38(30,31)37-39(32,33)36-6-1-5(2-23)9(24)12(27)10(6)25/h4-7,9-13,16,23-28H,1-3H2,(H,30,31)(H,32,33)(H3,18,20,21,29)/t5?,6-,7-,9+,10?,11+,12+,13?,16-/m1/s1. The van der Waals surface area contributed by atoms with E-state index in [-0.39, 0.29) is 17.1 Å². The van der Waals surface area contributed by atoms with Gasteiger partial charge in [-0.3, -0.25) is 23.4 Å². The molecular formula is C17H27N5O15P2. The summed E-state index contributed by atoms with van der Waals surface area (Å²) in [5.74, 6) is -1.32. The predicted octanol–water partition coefficient (Wildman–Crippen LogP) is -3.96. The van der Waals surface area contributed by atoms with E-state index in [2.05, 4.69) is 28.3 Å². The predicted molar refractivity (Wildman–Crippen MR) is 123 cm³/mol. The number of nitrogens with zero attached hydrogens (tertiary/aromatic N) is 3. The first-order valence-electron chi connectivity index (χ1n) is 11.2. The molecule has 0 radical (unpaired) electrons. The van der Waals surface area contributed by atoms with Crippen LogP contribution in [0.5, 0.6) is 0 Å². The van der Waals surface area contributed by atoms with Gasteiger partial charge in [0.15, 0.2) is 17.4 Å². The number of ether oxygens (including phenoxy) is 1. The maximum absolute atomic E-state index is 12.3. The summed E-state index contributed by atoms with van der Waals surface area (Å²) < 4.78 is 44.7. The molecule has 1 aliphatic heterocycles. The normalized spacial score (nSPS) is 36.6. The molecule has 2 fully saturated rings. The Labute approximate surface area is 217 Å². The van der Waals surface area contributed by atoms with Gasteiger partial charge in [-0.05, 0) is 6.42 Å². The van der Waals surface area contributed by atoms with Crippen LogP contribution in [0.25, 0.3) is 11.2 Å². The summed E-state index contributed by atoms with van der Waals surface area (Å²) in [6.45, 7) is -1.64. The van der Waals surface area contributed by atoms with E-state index in [1.165, 1.54) is 0 Å². The van der Waals surface area contributed by atoms with Crippen molar-refractivity contribution < 1.29 is 67.7 Å². The van der Waals surface area contributed by atoms with Crippen LogP contribution in [0.2, 0.25) is 0 Å². The van der Waals surface area contributed by atoms with Crippen LogP contribution in [-0.4, -0.2) is 116 Å². The Bertz CT molecular complexity index is 1340. The molecule has 2 aromatic heterocycles. The monoisotopic (exact) mass is 603 g/mol. The van der Waals surface area contributed by atoms with Crippen LogP contribution in [0, 0.1) is 5.92 Å². The number of aliphatic hydroxyl groups excluding tert-OH is 6. The van der Waals surface area contributed by atoms with Gasteiger partial charge >= 0.3 is 15.6 Å². The summed E-state index contributed by atoms with van der Waals surface area (Å²) in [5, 5.41) is 59.7. The zero-order valence-electron chi connectivity index (χ0n) is 19.6. The van der Waals surface area contributed by atoms with Crippen molar-refractivity contribution in [3.63, 3.8) is 0 Å². The molecule has 20 nitrogen and oxygen atoms in total. The number of nitrogen functional groups attached to an aromatic ring is 1. The van der Waals surface area contributed by atoms with Crippen molar-refractivity contribution in [1.82, 2.24) is 19.5 Å². The number of fused-ring (bicyclic) bond motifs is 1. The highest BCUT2D eigenvalue weighted by Crippen LogP contribution is 2.61. The van der Waals surface area contributed by atoms with E-state index in [1.54, 1.807) is 0 Å². The van der Waals surface area contributed by atoms with Crippen molar-refractivity contribution in [3.05, 3.63) is 16.7 Å². The molecule has 22 heteroatoms. The topological polar surface area (TPSA) is 322 Å². The molecule has 2 aliphatic rings. The molecule has 220 valence electrons. The number of imidazole rings is 1. The van der Waals surface area contributed by atoms with Gasteiger partial charge < -0.3 is 50.9 Å². The minimum Gasteiger partial charge on any atom is -0.396 e. The number of aromatic amines is 1. The number of rotatable bonds is 9. The van der Waals surface area contributed by atoms with Gasteiger partial charge in [-0.25, -0.2) is 14.1 Å². The average molecular weight is 603 g/mol. The molecule has 3 heterocycles. The lowest BCUT2D eigenvalue weighted by molar-refractivity contribution is -0.160. The van der Waals surface area contributed by atoms with E-state index in [4.69, 9.17) is 10.5 Å². The van der Waals surface area contributed by atoms with Crippen LogP contribution in [0.15, 0.2) is 11.1 Å². The molecule has 39 heavy (non-hydrogen) atoms. The number of aliphatic hydroxyl groups is 6. The van der Waals surface area contributed by atoms with Crippen LogP contribution in [0.3, 0.4) is 0 Å². The Kier molecular flexibility index (Phi) is 8.63. The van der Waals surface area contributed by atoms with Gasteiger partial charge in [-0.2, -0.15) is 9.29 Å². The molecule has 0 aromatic carbocycles. The third-order valence-electron chi connectivity index (χ3n) is 6.27. The Hall–Kier alpha value is -1.87. The van der Waals surface area contributed by atoms with Crippen molar-refractivity contribution in [2.45, 2.75) is 55.4 Å². The summed E-state index contributed by atoms with van der Waals surface area (Å²) in [5.41, 5.74) is 4.58. The van der Waals surface area contributed by atoms with E-state index in [1.807, 2.05) is 0 Å². The number of nitrogens with one attached hydrogen (secondary N) is 1. The molecule has 1 aliphatic carbocycles. The summed E-state index contributed by atoms with van der Waals surface area (Å²) in [7, 11) is -10.9. The maximum atomic E-state index is 12.3. The number of phosphoric acid groups is 2. The molecule has 5 unspecified atom stereocenters. The second kappa shape index (κ2) is 11.2. The fourth-order valence-corrected chi connectivity index (χ4v) is 6.58. The van der Waals surface area contributed by atoms with Crippen LogP contribution in [0.1, 0.15) is 12.6 Å². The first-order chi connectivity index (χ1) is 18.1. The number of hydrogen-bond donors (Lipinski definition) is 10. The first kappa shape index (κ1) is 30.1. The molecular weight excluding hydrogens is 576 g/mol. The van der Waals surface area contributed by atoms with Crippen molar-refractivity contribution >= 4 is 32.8 Å². The number of H-pyrrole nitrogens is 1. The highest BCUT2D eigenvalue weighted by molar-refractivity contribution is 7.61. The van der Waals surface area contributed by atoms with Gasteiger partial charge in [0.25, 0.3) is 5.56 Å². The van der Waals surface area contributed by atoms with Crippen molar-refractivity contribution in [3.8, 4) is 0 Å². The smallest absolute Gasteiger partial charge is 0.396 e. The number of aromatic nitrogens is 4. The van der Waals surface area contributed by atoms with Gasteiger partial charge in [-0.15, -0.1) is 0 Å². The van der Waals surface area contributed by atoms with Gasteiger partial charge in [0.05, 0.1) is 25.1 Å². The molecule has 11 atom stereocenters. The molecule has 1 saturated carbocycles. The molecule has 0 amide bonds. The van der Waals surface area contributed by atoms with Crippen LogP contribution < -0.4 is 11.3 Å². The Morgan fingerprint density at radius 3 is 2.44 bits per heavy atom. The maximum Gasteiger partial charge on any atom is 0.481 e. The summed E-state index contributed by atoms with van der Waals surface area (Å²) in [6, 6.07) is 0. The molecule has 0 bridgehead atoms. The zero-order chi connectivity index (χ0) is 28.9. The molecule has 11 N–H and O–H groups in total. The van der Waals surface area contributed by atoms with E-state index >= 15 is 0 Å². The summed E-state index contributed by atoms with van der Waals surface area (Å²) in [4.78, 5) is 41.8. The van der Waals surface area contributed by atoms with Crippen LogP contribution in [-0.2, 0) is 27.2 Å². The third kappa shape index (κ3) is 6.24. The Balaban J connectivity index is 1.39. The van der Waals surface area contributed by atoms with E-state index < -0.39 is 95.7 Å². The van der Waals surface area contributed by atoms with E-state index in [0.717, 1.165) is 10.9 Å². The van der Waals surface area contributed by atoms with Gasteiger partial charge in [0.2, 0.25) is 5.95 Å². The lowest BCUT2D eigenvalue weighted by Gasteiger charge is -2.39. The fourth-order valence-electron chi connectivity index (χ4n) is 4.30. The van der Waals surface area contributed by atoms with E-state index in [9.17, 15) is 54.4 Å². The number of hydrogen-bond acceptors (Lipinski definition) is 16. The second-order valence-electron chi connectivity index (χ2n) is 8.93. The summed E-state index contributed by atoms with van der Waals surface area (Å²) in [6.07, 6.45) is -12.7. The first-order valence-corrected chi connectivity index (χ1v) is 14.2. The zero-order valence-corrected chi connectivity index (χ0v) is 21.4. The minimum atomic E-state index is -5.47. The summed E-state index contributed by atoms with van der Waals surface area (Å²) >= 11 is 0. The van der Waals surface area contributed by atoms with Crippen LogP contribution >= 0.6 is 15.6 Å². The van der Waals surface area contributed by atoms with Gasteiger partial charge in [0.1, 0.15) is 30.5 Å². The molecule has 1 saturated heterocycles. The fraction of sp³-hybridized carbons (Fsp3) is 0.706. The van der Waals surface area contributed by atoms with Crippen molar-refractivity contribution in [2.75, 3.05) is 18.9 Å². The van der Waals surface area contributed by atoms with E-state index in [0.29, 0.717) is 0 Å². The Morgan fingerprint density at radius 1 is 1.08 bits per heavy atom. The third-order valence-corrected chi connectivity index (χ3v) is 8.94. The molecule has 4 rings (SSSR count). The second-order valence-corrected chi connectivity index (χ2v) is 11.9. The Morgan fingerprint density at radius 2 is 1.77 bits per heavy atom. The average Bonchev–Trinajstić information content (AvgIpc) is 3.38. The number of anilines is 1. The SMILES string of the molecule is Nc1nc2c(ncn2[C@@H]2O[C@H](COP(=O)(O)OP(=O)(O)O[C@@H]3CC(CO)[C@H](O)[C@H](O)C3O)[C@H](O)C2O)c(=O)[nH]1. The minimum absolute atomic E-state index is 0.102. The molecule has 0 spiro atoms. The van der Waals surface area contributed by atoms with Crippen molar-refractivity contribution in [1.29, 1.82) is 0 Å². The van der Waals surface area contributed by atoms with Gasteiger partial charge in [0, 0.05) is 12.5 Å². The number of nitrogens with two attached hydrogens (primary N) is 1. The largest absolute Gasteiger partial charge is 0.481 e. The highest BCUT2D eigenvalue weighted by Gasteiger charge is 2.49. The molecule has 2 aromatic rings. The quantitative estimate of drug-likeness (QED) is 0.122. The van der Waals surface area contributed by atoms with Gasteiger partial charge in [-0.1, -0.05) is 0 Å². The van der Waals surface area contributed by atoms with Crippen LogP contribution in [0.4, 0.5) is 5.95 Å². The number of phosphoric ester groups is 2. The lowest BCUT2D eigenvalue weighted by atomic mass is 9.81. The lowest BCUT2D eigenvalue weighted by Crippen LogP contribution is -2.54.